The number of rotatable bonds is 5. The third-order valence-electron chi connectivity index (χ3n) is 5.57. The Labute approximate surface area is 220 Å². The average molecular weight is 601 g/mol. The number of hydrogen-bond acceptors (Lipinski definition) is 6. The molecular weight excluding hydrogens is 571 g/mol. The van der Waals surface area contributed by atoms with Crippen LogP contribution in [0, 0.1) is 0 Å². The monoisotopic (exact) mass is 601 g/mol. The van der Waals surface area contributed by atoms with Crippen molar-refractivity contribution in [2.75, 3.05) is 0 Å². The van der Waals surface area contributed by atoms with E-state index in [0.29, 0.717) is 16.9 Å². The van der Waals surface area contributed by atoms with E-state index in [1.807, 2.05) is 32.9 Å². The molecule has 3 aromatic rings. The Morgan fingerprint density at radius 3 is 1.51 bits per heavy atom. The zero-order chi connectivity index (χ0) is 25.5. The molecule has 0 N–H and O–H groups in total. The minimum Gasteiger partial charge on any atom is -0.807 e. The maximum absolute atomic E-state index is 13.1. The minimum atomic E-state index is -4.82. The molecule has 0 amide bonds. The van der Waals surface area contributed by atoms with Crippen molar-refractivity contribution < 1.29 is 47.8 Å². The third-order valence-corrected chi connectivity index (χ3v) is 7.87. The van der Waals surface area contributed by atoms with E-state index in [0.717, 1.165) is 11.1 Å². The number of hydrogen-bond donors (Lipinski definition) is 0. The third kappa shape index (κ3) is 7.23. The van der Waals surface area contributed by atoms with Crippen molar-refractivity contribution in [3.63, 3.8) is 0 Å². The van der Waals surface area contributed by atoms with Crippen molar-refractivity contribution in [2.24, 2.45) is 0 Å². The first kappa shape index (κ1) is 29.7. The molecule has 0 fully saturated rings. The topological polar surface area (TPSA) is 113 Å². The van der Waals surface area contributed by atoms with Gasteiger partial charge in [0.2, 0.25) is 7.60 Å². The van der Waals surface area contributed by atoms with Crippen molar-refractivity contribution in [3.8, 4) is 16.9 Å². The Hall–Kier alpha value is -1.58. The van der Waals surface area contributed by atoms with E-state index in [9.17, 15) is 23.8 Å². The first-order chi connectivity index (χ1) is 15.5. The van der Waals surface area contributed by atoms with Gasteiger partial charge in [-0.15, -0.1) is 0 Å². The van der Waals surface area contributed by atoms with E-state index in [1.165, 1.54) is 36.4 Å². The Balaban J connectivity index is 0.00000432. The predicted octanol–water partition coefficient (Wildman–Crippen LogP) is 3.74. The van der Waals surface area contributed by atoms with Crippen LogP contribution >= 0.6 is 15.2 Å². The Kier molecular flexibility index (Phi) is 8.83. The van der Waals surface area contributed by atoms with Gasteiger partial charge in [0.15, 0.2) is 0 Å². The normalized spacial score (nSPS) is 14.1. The van der Waals surface area contributed by atoms with Crippen LogP contribution in [0.3, 0.4) is 0 Å². The van der Waals surface area contributed by atoms with Crippen molar-refractivity contribution in [2.45, 2.75) is 52.4 Å². The summed E-state index contributed by atoms with van der Waals surface area (Å²) in [4.78, 5) is 35.3. The fraction of sp³-hybridized carbons (Fsp3) is 0.308. The van der Waals surface area contributed by atoms with Crippen LogP contribution in [0.25, 0.3) is 11.1 Å². The first-order valence-corrected chi connectivity index (χ1v) is 14.0. The van der Waals surface area contributed by atoms with Crippen molar-refractivity contribution in [3.05, 3.63) is 77.9 Å². The van der Waals surface area contributed by atoms with E-state index >= 15 is 0 Å². The van der Waals surface area contributed by atoms with Crippen LogP contribution in [0.1, 0.15) is 52.7 Å². The summed E-state index contributed by atoms with van der Waals surface area (Å²) >= 11 is 0. The maximum atomic E-state index is 13.1. The molecule has 1 atom stereocenters. The zero-order valence-electron chi connectivity index (χ0n) is 20.5. The van der Waals surface area contributed by atoms with Crippen LogP contribution in [0.4, 0.5) is 0 Å². The standard InChI is InChI=1S/C26H32O6P2.Ru/c1-25(2,3)20-11-16-24(23(17-20)26(4,5)6)32-34(30,31)22-14-9-19(10-15-22)18-7-12-21(13-8-18)33(27,28)29;/h7-17H,1-6H3,(H,30,31)(H2,27,28,29);/q;+3/p-3. The van der Waals surface area contributed by atoms with Gasteiger partial charge >= 0.3 is 19.5 Å². The van der Waals surface area contributed by atoms with Crippen LogP contribution in [0.5, 0.6) is 5.75 Å². The predicted molar refractivity (Wildman–Crippen MR) is 131 cm³/mol. The second-order valence-electron chi connectivity index (χ2n) is 10.4. The summed E-state index contributed by atoms with van der Waals surface area (Å²) in [5.41, 5.74) is 2.80. The van der Waals surface area contributed by atoms with Gasteiger partial charge in [0.25, 0.3) is 0 Å². The smallest absolute Gasteiger partial charge is 0.807 e. The maximum Gasteiger partial charge on any atom is 3.00 e. The molecule has 35 heavy (non-hydrogen) atoms. The SMILES string of the molecule is CC(C)(C)c1ccc(OP(=O)([O-])c2ccc(-c3ccc(P(=O)([O-])[O-])cc3)cc2)c(C(C)(C)C)c1.[Ru+3]. The summed E-state index contributed by atoms with van der Waals surface area (Å²) in [5, 5.41) is -0.270. The first-order valence-electron chi connectivity index (χ1n) is 10.9. The molecule has 0 aromatic heterocycles. The molecule has 0 aliphatic carbocycles. The Morgan fingerprint density at radius 1 is 0.657 bits per heavy atom. The molecule has 1 unspecified atom stereocenters. The summed E-state index contributed by atoms with van der Waals surface area (Å²) in [7, 11) is -9.25. The van der Waals surface area contributed by atoms with E-state index in [1.54, 1.807) is 18.2 Å². The van der Waals surface area contributed by atoms with Crippen LogP contribution in [0.2, 0.25) is 0 Å². The average Bonchev–Trinajstić information content (AvgIpc) is 2.72. The van der Waals surface area contributed by atoms with Gasteiger partial charge < -0.3 is 23.8 Å². The van der Waals surface area contributed by atoms with Crippen LogP contribution in [-0.2, 0) is 39.4 Å². The fourth-order valence-electron chi connectivity index (χ4n) is 3.52. The van der Waals surface area contributed by atoms with E-state index in [2.05, 4.69) is 20.8 Å². The largest absolute Gasteiger partial charge is 3.00 e. The summed E-state index contributed by atoms with van der Waals surface area (Å²) in [6, 6.07) is 17.2. The van der Waals surface area contributed by atoms with Crippen molar-refractivity contribution in [1.29, 1.82) is 0 Å². The molecular formula is C26H29O6P2Ru. The molecule has 0 saturated carbocycles. The molecule has 3 aromatic carbocycles. The van der Waals surface area contributed by atoms with E-state index in [4.69, 9.17) is 4.52 Å². The quantitative estimate of drug-likeness (QED) is 0.326. The van der Waals surface area contributed by atoms with Crippen molar-refractivity contribution in [1.82, 2.24) is 0 Å². The molecule has 0 bridgehead atoms. The molecule has 0 spiro atoms. The molecule has 1 radical (unpaired) electrons. The second kappa shape index (κ2) is 10.4. The molecule has 3 rings (SSSR count). The van der Waals surface area contributed by atoms with Gasteiger partial charge in [-0.1, -0.05) is 90.1 Å². The second-order valence-corrected chi connectivity index (χ2v) is 13.6. The van der Waals surface area contributed by atoms with Crippen molar-refractivity contribution >= 4 is 25.8 Å². The van der Waals surface area contributed by atoms with Crippen LogP contribution < -0.4 is 29.8 Å². The molecule has 0 heterocycles. The van der Waals surface area contributed by atoms with Gasteiger partial charge in [0, 0.05) is 10.9 Å². The Morgan fingerprint density at radius 2 is 1.11 bits per heavy atom. The Bertz CT molecular complexity index is 1270. The zero-order valence-corrected chi connectivity index (χ0v) is 24.1. The van der Waals surface area contributed by atoms with Crippen LogP contribution in [-0.4, -0.2) is 0 Å². The summed E-state index contributed by atoms with van der Waals surface area (Å²) < 4.78 is 29.8. The summed E-state index contributed by atoms with van der Waals surface area (Å²) in [5.74, 6) is 0.304. The molecule has 0 saturated heterocycles. The summed E-state index contributed by atoms with van der Waals surface area (Å²) in [6.45, 7) is 12.3. The minimum absolute atomic E-state index is 0. The van der Waals surface area contributed by atoms with Gasteiger partial charge in [0.05, 0.1) is 0 Å². The molecule has 0 aliphatic heterocycles. The fourth-order valence-corrected chi connectivity index (χ4v) is 5.07. The van der Waals surface area contributed by atoms with Gasteiger partial charge in [-0.25, -0.2) is 0 Å². The number of benzene rings is 3. The van der Waals surface area contributed by atoms with Gasteiger partial charge in [0.1, 0.15) is 5.75 Å². The molecule has 6 nitrogen and oxygen atoms in total. The summed E-state index contributed by atoms with van der Waals surface area (Å²) in [6.07, 6.45) is 0. The van der Waals surface area contributed by atoms with Gasteiger partial charge in [-0.3, -0.25) is 4.57 Å². The van der Waals surface area contributed by atoms with E-state index < -0.39 is 15.2 Å². The molecule has 0 aliphatic rings. The van der Waals surface area contributed by atoms with Gasteiger partial charge in [-0.05, 0) is 58.6 Å². The van der Waals surface area contributed by atoms with E-state index in [-0.39, 0.29) is 40.9 Å². The molecule has 187 valence electrons. The van der Waals surface area contributed by atoms with Gasteiger partial charge in [-0.2, -0.15) is 0 Å². The van der Waals surface area contributed by atoms with Crippen LogP contribution in [0.15, 0.2) is 66.7 Å². The molecule has 9 heteroatoms.